The standard InChI is InChI=1S/C12H17BrN4O2/c1-14-10(18)4-5-15-9-6-16-17(7-8-2-3-8)12(19)11(9)13/h6,8,15H,2-5,7H2,1H3,(H,14,18). The van der Waals surface area contributed by atoms with Crippen LogP contribution in [0.4, 0.5) is 5.69 Å². The maximum Gasteiger partial charge on any atom is 0.283 e. The van der Waals surface area contributed by atoms with Gasteiger partial charge in [-0.3, -0.25) is 9.59 Å². The van der Waals surface area contributed by atoms with Gasteiger partial charge in [-0.25, -0.2) is 4.68 Å². The van der Waals surface area contributed by atoms with E-state index in [1.807, 2.05) is 0 Å². The van der Waals surface area contributed by atoms with Gasteiger partial charge in [-0.2, -0.15) is 5.10 Å². The van der Waals surface area contributed by atoms with Crippen LogP contribution in [0, 0.1) is 5.92 Å². The number of hydrogen-bond acceptors (Lipinski definition) is 4. The van der Waals surface area contributed by atoms with Crippen molar-refractivity contribution in [2.75, 3.05) is 18.9 Å². The maximum atomic E-state index is 12.0. The van der Waals surface area contributed by atoms with Crippen LogP contribution >= 0.6 is 15.9 Å². The van der Waals surface area contributed by atoms with Gasteiger partial charge in [0, 0.05) is 26.6 Å². The van der Waals surface area contributed by atoms with E-state index in [-0.39, 0.29) is 11.5 Å². The normalized spacial score (nSPS) is 14.2. The van der Waals surface area contributed by atoms with Crippen LogP contribution in [-0.2, 0) is 11.3 Å². The molecule has 1 saturated carbocycles. The molecule has 0 atom stereocenters. The molecule has 0 saturated heterocycles. The molecule has 6 nitrogen and oxygen atoms in total. The summed E-state index contributed by atoms with van der Waals surface area (Å²) in [6.07, 6.45) is 4.33. The number of carbonyl (C=O) groups is 1. The van der Waals surface area contributed by atoms with E-state index in [2.05, 4.69) is 31.7 Å². The highest BCUT2D eigenvalue weighted by atomic mass is 79.9. The molecule has 0 radical (unpaired) electrons. The maximum absolute atomic E-state index is 12.0. The van der Waals surface area contributed by atoms with Crippen LogP contribution < -0.4 is 16.2 Å². The summed E-state index contributed by atoms with van der Waals surface area (Å²) >= 11 is 3.29. The first-order valence-corrected chi connectivity index (χ1v) is 7.11. The SMILES string of the molecule is CNC(=O)CCNc1cnn(CC2CC2)c(=O)c1Br. The van der Waals surface area contributed by atoms with E-state index < -0.39 is 0 Å². The lowest BCUT2D eigenvalue weighted by Gasteiger charge is -2.09. The third-order valence-corrected chi connectivity index (χ3v) is 3.83. The Balaban J connectivity index is 1.99. The average molecular weight is 329 g/mol. The summed E-state index contributed by atoms with van der Waals surface area (Å²) in [6, 6.07) is 0. The fraction of sp³-hybridized carbons (Fsp3) is 0.583. The van der Waals surface area contributed by atoms with E-state index in [0.29, 0.717) is 35.6 Å². The summed E-state index contributed by atoms with van der Waals surface area (Å²) < 4.78 is 1.96. The molecular formula is C12H17BrN4O2. The Morgan fingerprint density at radius 1 is 1.58 bits per heavy atom. The monoisotopic (exact) mass is 328 g/mol. The number of halogens is 1. The van der Waals surface area contributed by atoms with Gasteiger partial charge in [0.1, 0.15) is 4.47 Å². The summed E-state index contributed by atoms with van der Waals surface area (Å²) in [4.78, 5) is 23.1. The Hall–Kier alpha value is -1.37. The summed E-state index contributed by atoms with van der Waals surface area (Å²) in [5.41, 5.74) is 0.498. The van der Waals surface area contributed by atoms with Gasteiger partial charge in [0.15, 0.2) is 0 Å². The van der Waals surface area contributed by atoms with E-state index in [9.17, 15) is 9.59 Å². The molecule has 0 bridgehead atoms. The predicted molar refractivity (Wildman–Crippen MR) is 76.1 cm³/mol. The molecule has 1 fully saturated rings. The minimum atomic E-state index is -0.128. The molecule has 19 heavy (non-hydrogen) atoms. The fourth-order valence-corrected chi connectivity index (χ4v) is 2.15. The van der Waals surface area contributed by atoms with Crippen molar-refractivity contribution in [2.45, 2.75) is 25.8 Å². The molecule has 2 rings (SSSR count). The van der Waals surface area contributed by atoms with E-state index >= 15 is 0 Å². The number of nitrogens with one attached hydrogen (secondary N) is 2. The molecule has 2 N–H and O–H groups in total. The van der Waals surface area contributed by atoms with Crippen LogP contribution in [0.15, 0.2) is 15.5 Å². The van der Waals surface area contributed by atoms with Crippen molar-refractivity contribution in [1.82, 2.24) is 15.1 Å². The van der Waals surface area contributed by atoms with Crippen LogP contribution in [0.1, 0.15) is 19.3 Å². The molecule has 104 valence electrons. The minimum absolute atomic E-state index is 0.0429. The van der Waals surface area contributed by atoms with Gasteiger partial charge in [-0.15, -0.1) is 0 Å². The lowest BCUT2D eigenvalue weighted by Crippen LogP contribution is -2.26. The highest BCUT2D eigenvalue weighted by molar-refractivity contribution is 9.10. The topological polar surface area (TPSA) is 76.0 Å². The van der Waals surface area contributed by atoms with Gasteiger partial charge in [-0.05, 0) is 34.7 Å². The van der Waals surface area contributed by atoms with Crippen molar-refractivity contribution in [3.05, 3.63) is 21.0 Å². The highest BCUT2D eigenvalue weighted by Crippen LogP contribution is 2.30. The van der Waals surface area contributed by atoms with E-state index in [1.54, 1.807) is 13.2 Å². The number of aromatic nitrogens is 2. The van der Waals surface area contributed by atoms with Gasteiger partial charge in [0.2, 0.25) is 5.91 Å². The zero-order chi connectivity index (χ0) is 13.8. The Kier molecular flexibility index (Phi) is 4.57. The first kappa shape index (κ1) is 14.0. The number of amides is 1. The molecule has 1 aromatic rings. The van der Waals surface area contributed by atoms with E-state index in [1.165, 1.54) is 17.5 Å². The van der Waals surface area contributed by atoms with Crippen molar-refractivity contribution in [1.29, 1.82) is 0 Å². The Labute approximate surface area is 119 Å². The third-order valence-electron chi connectivity index (χ3n) is 3.06. The van der Waals surface area contributed by atoms with Gasteiger partial charge >= 0.3 is 0 Å². The third kappa shape index (κ3) is 3.79. The van der Waals surface area contributed by atoms with Crippen molar-refractivity contribution in [3.63, 3.8) is 0 Å². The molecule has 7 heteroatoms. The largest absolute Gasteiger partial charge is 0.382 e. The quantitative estimate of drug-likeness (QED) is 0.815. The number of carbonyl (C=O) groups excluding carboxylic acids is 1. The van der Waals surface area contributed by atoms with Crippen LogP contribution in [0.2, 0.25) is 0 Å². The van der Waals surface area contributed by atoms with Crippen molar-refractivity contribution >= 4 is 27.5 Å². The van der Waals surface area contributed by atoms with Crippen molar-refractivity contribution < 1.29 is 4.79 Å². The van der Waals surface area contributed by atoms with Crippen molar-refractivity contribution in [2.24, 2.45) is 5.92 Å². The van der Waals surface area contributed by atoms with Crippen LogP contribution in [0.25, 0.3) is 0 Å². The predicted octanol–water partition coefficient (Wildman–Crippen LogP) is 0.964. The molecule has 0 aromatic carbocycles. The molecule has 1 aliphatic carbocycles. The molecule has 0 aliphatic heterocycles. The van der Waals surface area contributed by atoms with Gasteiger partial charge in [-0.1, -0.05) is 0 Å². The first-order valence-electron chi connectivity index (χ1n) is 6.32. The highest BCUT2D eigenvalue weighted by Gasteiger charge is 2.23. The van der Waals surface area contributed by atoms with Crippen LogP contribution in [-0.4, -0.2) is 29.3 Å². The van der Waals surface area contributed by atoms with E-state index in [0.717, 1.165) is 0 Å². The summed E-state index contributed by atoms with van der Waals surface area (Å²) in [5.74, 6) is 0.558. The number of nitrogens with zero attached hydrogens (tertiary/aromatic N) is 2. The first-order chi connectivity index (χ1) is 9.11. The molecular weight excluding hydrogens is 312 g/mol. The van der Waals surface area contributed by atoms with Crippen LogP contribution in [0.3, 0.4) is 0 Å². The Morgan fingerprint density at radius 2 is 2.32 bits per heavy atom. The molecule has 1 heterocycles. The fourth-order valence-electron chi connectivity index (χ4n) is 1.70. The van der Waals surface area contributed by atoms with E-state index in [4.69, 9.17) is 0 Å². The summed E-state index contributed by atoms with van der Waals surface area (Å²) in [6.45, 7) is 1.15. The molecule has 0 unspecified atom stereocenters. The molecule has 1 aliphatic rings. The van der Waals surface area contributed by atoms with Gasteiger partial charge < -0.3 is 10.6 Å². The molecule has 1 amide bonds. The second-order valence-electron chi connectivity index (χ2n) is 4.65. The van der Waals surface area contributed by atoms with Gasteiger partial charge in [0.05, 0.1) is 11.9 Å². The Bertz CT molecular complexity index is 525. The zero-order valence-corrected chi connectivity index (χ0v) is 12.4. The number of anilines is 1. The smallest absolute Gasteiger partial charge is 0.283 e. The minimum Gasteiger partial charge on any atom is -0.382 e. The number of hydrogen-bond donors (Lipinski definition) is 2. The number of rotatable bonds is 6. The van der Waals surface area contributed by atoms with Crippen molar-refractivity contribution in [3.8, 4) is 0 Å². The average Bonchev–Trinajstić information content (AvgIpc) is 3.21. The lowest BCUT2D eigenvalue weighted by atomic mass is 10.3. The Morgan fingerprint density at radius 3 is 2.95 bits per heavy atom. The summed E-state index contributed by atoms with van der Waals surface area (Å²) in [7, 11) is 1.60. The lowest BCUT2D eigenvalue weighted by molar-refractivity contribution is -0.120. The molecule has 1 aromatic heterocycles. The molecule has 0 spiro atoms. The summed E-state index contributed by atoms with van der Waals surface area (Å²) in [5, 5.41) is 9.72. The van der Waals surface area contributed by atoms with Gasteiger partial charge in [0.25, 0.3) is 5.56 Å². The van der Waals surface area contributed by atoms with Crippen LogP contribution in [0.5, 0.6) is 0 Å². The second kappa shape index (κ2) is 6.18. The zero-order valence-electron chi connectivity index (χ0n) is 10.8. The second-order valence-corrected chi connectivity index (χ2v) is 5.45.